The summed E-state index contributed by atoms with van der Waals surface area (Å²) in [7, 11) is 0. The molecule has 1 aromatic carbocycles. The molecule has 0 spiro atoms. The number of hydrogen-bond donors (Lipinski definition) is 1. The first-order valence-corrected chi connectivity index (χ1v) is 3.03. The summed E-state index contributed by atoms with van der Waals surface area (Å²) in [5.74, 6) is 0. The predicted octanol–water partition coefficient (Wildman–Crippen LogP) is 1.06. The molecule has 0 fully saturated rings. The monoisotopic (exact) mass is 139 g/mol. The van der Waals surface area contributed by atoms with Crippen molar-refractivity contribution in [2.45, 2.75) is 13.8 Å². The van der Waals surface area contributed by atoms with Crippen LogP contribution in [0.25, 0.3) is 0 Å². The molecule has 0 aliphatic rings. The fraction of sp³-hybridized carbons (Fsp3) is 0.250. The molecule has 0 atom stereocenters. The molecule has 10 heavy (non-hydrogen) atoms. The van der Waals surface area contributed by atoms with Gasteiger partial charge in [0, 0.05) is 5.69 Å². The van der Waals surface area contributed by atoms with Crippen molar-refractivity contribution in [1.29, 1.82) is 0 Å². The zero-order chi connectivity index (χ0) is 6.85. The molecule has 0 saturated carbocycles. The molecule has 2 nitrogen and oxygen atoms in total. The minimum atomic E-state index is 0. The maximum absolute atomic E-state index is 5.62. The summed E-state index contributed by atoms with van der Waals surface area (Å²) in [6.45, 7) is 4.05. The summed E-state index contributed by atoms with van der Waals surface area (Å²) in [6, 6.07) is 6.08. The van der Waals surface area contributed by atoms with Gasteiger partial charge in [-0.3, -0.25) is 0 Å². The zero-order valence-corrected chi connectivity index (χ0v) is 6.31. The van der Waals surface area contributed by atoms with E-state index in [-0.39, 0.29) is 5.48 Å². The van der Waals surface area contributed by atoms with Gasteiger partial charge in [-0.05, 0) is 31.0 Å². The summed E-state index contributed by atoms with van der Waals surface area (Å²) >= 11 is 0. The van der Waals surface area contributed by atoms with E-state index in [0.29, 0.717) is 0 Å². The van der Waals surface area contributed by atoms with Gasteiger partial charge in [-0.1, -0.05) is 12.1 Å². The Hall–Kier alpha value is -1.02. The number of nitrogens with two attached hydrogens (primary N) is 1. The van der Waals surface area contributed by atoms with E-state index in [4.69, 9.17) is 5.73 Å². The molecule has 0 aliphatic carbocycles. The van der Waals surface area contributed by atoms with E-state index in [1.54, 1.807) is 0 Å². The lowest BCUT2D eigenvalue weighted by Crippen LogP contribution is -1.88. The molecule has 0 amide bonds. The Bertz CT molecular complexity index is 220. The topological polar surface area (TPSA) is 57.5 Å². The summed E-state index contributed by atoms with van der Waals surface area (Å²) in [4.78, 5) is 0. The van der Waals surface area contributed by atoms with E-state index < -0.39 is 0 Å². The van der Waals surface area contributed by atoms with Gasteiger partial charge in [-0.15, -0.1) is 0 Å². The van der Waals surface area contributed by atoms with Gasteiger partial charge in [-0.25, -0.2) is 0 Å². The smallest absolute Gasteiger partial charge is 0.0346 e. The van der Waals surface area contributed by atoms with Crippen molar-refractivity contribution in [3.63, 3.8) is 0 Å². The van der Waals surface area contributed by atoms with Crippen LogP contribution < -0.4 is 5.73 Å². The fourth-order valence-corrected chi connectivity index (χ4v) is 0.760. The molecule has 0 aliphatic heterocycles. The van der Waals surface area contributed by atoms with Crippen LogP contribution in [0.5, 0.6) is 0 Å². The quantitative estimate of drug-likeness (QED) is 0.537. The van der Waals surface area contributed by atoms with E-state index in [2.05, 4.69) is 6.07 Å². The highest BCUT2D eigenvalue weighted by atomic mass is 16.0. The molecular formula is C8H13NO. The predicted molar refractivity (Wildman–Crippen MR) is 43.9 cm³/mol. The summed E-state index contributed by atoms with van der Waals surface area (Å²) in [5.41, 5.74) is 8.88. The van der Waals surface area contributed by atoms with Crippen molar-refractivity contribution in [2.75, 3.05) is 5.73 Å². The maximum Gasteiger partial charge on any atom is 0.0346 e. The van der Waals surface area contributed by atoms with E-state index in [9.17, 15) is 0 Å². The fourth-order valence-electron chi connectivity index (χ4n) is 0.760. The van der Waals surface area contributed by atoms with Crippen LogP contribution in [0.2, 0.25) is 0 Å². The lowest BCUT2D eigenvalue weighted by Gasteiger charge is -1.98. The highest BCUT2D eigenvalue weighted by molar-refractivity contribution is 5.47. The van der Waals surface area contributed by atoms with Crippen molar-refractivity contribution in [3.05, 3.63) is 29.3 Å². The molecule has 2 heteroatoms. The lowest BCUT2D eigenvalue weighted by atomic mass is 10.1. The van der Waals surface area contributed by atoms with Crippen LogP contribution >= 0.6 is 0 Å². The molecule has 0 heterocycles. The molecule has 0 radical (unpaired) electrons. The van der Waals surface area contributed by atoms with Crippen LogP contribution in [0.15, 0.2) is 18.2 Å². The van der Waals surface area contributed by atoms with Crippen LogP contribution in [-0.4, -0.2) is 5.48 Å². The van der Waals surface area contributed by atoms with E-state index in [0.717, 1.165) is 11.3 Å². The third kappa shape index (κ3) is 1.74. The first-order chi connectivity index (χ1) is 4.20. The van der Waals surface area contributed by atoms with Crippen molar-refractivity contribution in [3.8, 4) is 0 Å². The summed E-state index contributed by atoms with van der Waals surface area (Å²) < 4.78 is 0. The number of benzene rings is 1. The van der Waals surface area contributed by atoms with Crippen molar-refractivity contribution in [2.24, 2.45) is 0 Å². The molecule has 4 N–H and O–H groups in total. The number of anilines is 1. The summed E-state index contributed by atoms with van der Waals surface area (Å²) in [6.07, 6.45) is 0. The molecular weight excluding hydrogens is 126 g/mol. The molecule has 0 aromatic heterocycles. The number of rotatable bonds is 0. The Labute approximate surface area is 61.0 Å². The van der Waals surface area contributed by atoms with Gasteiger partial charge in [-0.2, -0.15) is 0 Å². The lowest BCUT2D eigenvalue weighted by molar-refractivity contribution is 0.824. The Morgan fingerprint density at radius 3 is 2.20 bits per heavy atom. The Morgan fingerprint density at radius 1 is 1.20 bits per heavy atom. The minimum absolute atomic E-state index is 0. The van der Waals surface area contributed by atoms with E-state index >= 15 is 0 Å². The largest absolute Gasteiger partial charge is 0.412 e. The Morgan fingerprint density at radius 2 is 1.80 bits per heavy atom. The van der Waals surface area contributed by atoms with Gasteiger partial charge >= 0.3 is 0 Å². The van der Waals surface area contributed by atoms with Gasteiger partial charge in [0.1, 0.15) is 0 Å². The van der Waals surface area contributed by atoms with Crippen LogP contribution in [0, 0.1) is 13.8 Å². The third-order valence-corrected chi connectivity index (χ3v) is 1.43. The standard InChI is InChI=1S/C8H11N.H2O/c1-6-3-4-7(2)8(9)5-6;/h3-5H,9H2,1-2H3;1H2. The highest BCUT2D eigenvalue weighted by Crippen LogP contribution is 2.10. The number of nitrogen functional groups attached to an aromatic ring is 1. The number of hydrogen-bond acceptors (Lipinski definition) is 1. The second kappa shape index (κ2) is 3.22. The molecule has 1 aromatic rings. The van der Waals surface area contributed by atoms with Crippen LogP contribution in [0.4, 0.5) is 5.69 Å². The first kappa shape index (κ1) is 8.98. The van der Waals surface area contributed by atoms with E-state index in [1.165, 1.54) is 5.56 Å². The molecule has 1 rings (SSSR count). The van der Waals surface area contributed by atoms with Crippen LogP contribution in [0.3, 0.4) is 0 Å². The average Bonchev–Trinajstić information content (AvgIpc) is 1.80. The number of aryl methyl sites for hydroxylation is 2. The summed E-state index contributed by atoms with van der Waals surface area (Å²) in [5, 5.41) is 0. The van der Waals surface area contributed by atoms with Gasteiger partial charge in [0.05, 0.1) is 0 Å². The van der Waals surface area contributed by atoms with Gasteiger partial charge in [0.25, 0.3) is 0 Å². The Balaban J connectivity index is 0.000000810. The Kier molecular flexibility index (Phi) is 2.90. The molecule has 0 bridgehead atoms. The second-order valence-corrected chi connectivity index (χ2v) is 2.36. The van der Waals surface area contributed by atoms with Gasteiger partial charge < -0.3 is 11.2 Å². The SMILES string of the molecule is Cc1ccc(C)c(N)c1.O. The van der Waals surface area contributed by atoms with Crippen molar-refractivity contribution in [1.82, 2.24) is 0 Å². The zero-order valence-electron chi connectivity index (χ0n) is 6.31. The highest BCUT2D eigenvalue weighted by Gasteiger charge is 1.89. The van der Waals surface area contributed by atoms with Gasteiger partial charge in [0.15, 0.2) is 0 Å². The van der Waals surface area contributed by atoms with E-state index in [1.807, 2.05) is 26.0 Å². The molecule has 0 unspecified atom stereocenters. The van der Waals surface area contributed by atoms with Gasteiger partial charge in [0.2, 0.25) is 0 Å². The average molecular weight is 139 g/mol. The first-order valence-electron chi connectivity index (χ1n) is 3.03. The van der Waals surface area contributed by atoms with Crippen LogP contribution in [0.1, 0.15) is 11.1 Å². The third-order valence-electron chi connectivity index (χ3n) is 1.43. The van der Waals surface area contributed by atoms with Crippen molar-refractivity contribution >= 4 is 5.69 Å². The second-order valence-electron chi connectivity index (χ2n) is 2.36. The molecule has 56 valence electrons. The minimum Gasteiger partial charge on any atom is -0.412 e. The molecule has 0 saturated heterocycles. The maximum atomic E-state index is 5.62. The normalized spacial score (nSPS) is 8.60. The van der Waals surface area contributed by atoms with Crippen LogP contribution in [-0.2, 0) is 0 Å². The van der Waals surface area contributed by atoms with Crippen molar-refractivity contribution < 1.29 is 5.48 Å².